The van der Waals surface area contributed by atoms with Gasteiger partial charge in [0.2, 0.25) is 0 Å². The normalized spacial score (nSPS) is 30.4. The van der Waals surface area contributed by atoms with Crippen LogP contribution in [0.4, 0.5) is 5.82 Å². The van der Waals surface area contributed by atoms with Gasteiger partial charge in [-0.2, -0.15) is 14.0 Å². The molecule has 1 aliphatic heterocycles. The summed E-state index contributed by atoms with van der Waals surface area (Å²) in [4.78, 5) is 31.2. The molecule has 222 valence electrons. The molecule has 2 bridgehead atoms. The Balaban J connectivity index is 1.17. The Labute approximate surface area is 244 Å². The van der Waals surface area contributed by atoms with E-state index in [1.165, 1.54) is 31.4 Å². The molecule has 7 atom stereocenters. The number of hydrogen-bond donors (Lipinski definition) is 2. The first-order chi connectivity index (χ1) is 19.5. The second-order valence-corrected chi connectivity index (χ2v) is 14.0. The van der Waals surface area contributed by atoms with Crippen molar-refractivity contribution in [2.75, 3.05) is 20.3 Å². The molecule has 0 spiro atoms. The van der Waals surface area contributed by atoms with Gasteiger partial charge in [0.15, 0.2) is 12.0 Å². The van der Waals surface area contributed by atoms with Crippen LogP contribution in [0, 0.1) is 17.3 Å². The van der Waals surface area contributed by atoms with Gasteiger partial charge in [-0.3, -0.25) is 4.57 Å². The molecule has 1 aromatic carbocycles. The van der Waals surface area contributed by atoms with E-state index in [4.69, 9.17) is 30.8 Å². The minimum absolute atomic E-state index is 0.0599. The van der Waals surface area contributed by atoms with E-state index in [0.717, 1.165) is 16.9 Å². The second kappa shape index (κ2) is 12.2. The standard InChI is InChI=1S/C28H36N3O8PS/c1-28(2)19-10-9-17(20(28)15-19)12-14-37-40(35,41)38-16-21-23(32)24(36-3)26(39-21)31-13-11-22(30-27(31)34)29-25(33)18-7-5-4-6-8-18/h4-9,11,13,19-21,23-24,26,32H,10,12,14-16H2,1-3H3,(H,35,41)(H,29,30,33,34)/p-1/t19-,20-,21+,23+,24+,26+,40?/m0/s1. The highest BCUT2D eigenvalue weighted by Gasteiger charge is 2.51. The highest BCUT2D eigenvalue weighted by Crippen LogP contribution is 2.60. The number of methoxy groups -OCH3 is 1. The molecular weight excluding hydrogens is 569 g/mol. The summed E-state index contributed by atoms with van der Waals surface area (Å²) < 4.78 is 23.5. The summed E-state index contributed by atoms with van der Waals surface area (Å²) in [6.07, 6.45) is 2.44. The van der Waals surface area contributed by atoms with Crippen molar-refractivity contribution >= 4 is 31.1 Å². The minimum atomic E-state index is -3.60. The van der Waals surface area contributed by atoms with Crippen molar-refractivity contribution in [3.8, 4) is 0 Å². The summed E-state index contributed by atoms with van der Waals surface area (Å²) in [5, 5.41) is 23.2. The van der Waals surface area contributed by atoms with Crippen molar-refractivity contribution in [2.45, 2.75) is 57.6 Å². The maximum absolute atomic E-state index is 12.8. The van der Waals surface area contributed by atoms with Crippen LogP contribution in [0.1, 0.15) is 44.9 Å². The van der Waals surface area contributed by atoms with E-state index in [2.05, 4.69) is 29.9 Å². The van der Waals surface area contributed by atoms with Gasteiger partial charge in [-0.25, -0.2) is 14.7 Å². The fourth-order valence-corrected chi connectivity index (χ4v) is 7.12. The summed E-state index contributed by atoms with van der Waals surface area (Å²) in [7, 11) is -2.23. The van der Waals surface area contributed by atoms with Crippen molar-refractivity contribution < 1.29 is 33.6 Å². The molecule has 41 heavy (non-hydrogen) atoms. The number of aliphatic imine (C=N–C) groups is 1. The number of ether oxygens (including phenoxy) is 2. The minimum Gasteiger partial charge on any atom is -0.858 e. The summed E-state index contributed by atoms with van der Waals surface area (Å²) in [6.45, 7) is 4.56. The summed E-state index contributed by atoms with van der Waals surface area (Å²) in [5.74, 6) is 0.685. The first-order valence-electron chi connectivity index (χ1n) is 13.6. The number of aliphatic hydroxyl groups is 1. The molecule has 6 rings (SSSR count). The van der Waals surface area contributed by atoms with Gasteiger partial charge in [0.1, 0.15) is 24.9 Å². The zero-order chi connectivity index (χ0) is 29.4. The fraction of sp³-hybridized carbons (Fsp3) is 0.536. The number of allylic oxidation sites excluding steroid dienone is 1. The second-order valence-electron chi connectivity index (χ2n) is 11.2. The molecule has 0 radical (unpaired) electrons. The quantitative estimate of drug-likeness (QED) is 0.129. The average Bonchev–Trinajstić information content (AvgIpc) is 3.27. The molecule has 2 heterocycles. The van der Waals surface area contributed by atoms with E-state index in [1.807, 2.05) is 0 Å². The third-order valence-corrected chi connectivity index (χ3v) is 10.2. The highest BCUT2D eigenvalue weighted by molar-refractivity contribution is 8.35. The molecule has 0 amide bonds. The van der Waals surface area contributed by atoms with Crippen LogP contribution in [0.5, 0.6) is 0 Å². The number of aromatic nitrogens is 2. The first kappa shape index (κ1) is 30.3. The van der Waals surface area contributed by atoms with E-state index in [-0.39, 0.29) is 19.0 Å². The smallest absolute Gasteiger partial charge is 0.351 e. The lowest BCUT2D eigenvalue weighted by atomic mass is 9.48. The third kappa shape index (κ3) is 6.45. The van der Waals surface area contributed by atoms with Gasteiger partial charge in [-0.05, 0) is 54.0 Å². The van der Waals surface area contributed by atoms with Crippen LogP contribution in [0.3, 0.4) is 0 Å². The number of hydrogen-bond acceptors (Lipinski definition) is 11. The predicted molar refractivity (Wildman–Crippen MR) is 153 cm³/mol. The topological polar surface area (TPSA) is 148 Å². The molecule has 2 N–H and O–H groups in total. The molecule has 1 saturated carbocycles. The monoisotopic (exact) mass is 604 g/mol. The Hall–Kier alpha value is -2.15. The summed E-state index contributed by atoms with van der Waals surface area (Å²) in [5.41, 5.74) is 1.26. The van der Waals surface area contributed by atoms with Crippen molar-refractivity contribution in [2.24, 2.45) is 22.2 Å². The molecule has 2 aromatic rings. The molecule has 1 saturated heterocycles. The fourth-order valence-electron chi connectivity index (χ4n) is 5.98. The van der Waals surface area contributed by atoms with Gasteiger partial charge >= 0.3 is 5.69 Å². The predicted octanol–water partition coefficient (Wildman–Crippen LogP) is 2.59. The van der Waals surface area contributed by atoms with E-state index >= 15 is 0 Å². The Morgan fingerprint density at radius 2 is 2.05 bits per heavy atom. The number of nitrogens with zero attached hydrogens (tertiary/aromatic N) is 3. The van der Waals surface area contributed by atoms with E-state index < -0.39 is 43.3 Å². The first-order valence-corrected chi connectivity index (χ1v) is 16.2. The molecule has 2 fully saturated rings. The molecule has 1 aromatic heterocycles. The summed E-state index contributed by atoms with van der Waals surface area (Å²) >= 11 is 5.18. The van der Waals surface area contributed by atoms with Gasteiger partial charge in [0.25, 0.3) is 7.15 Å². The molecule has 3 aliphatic carbocycles. The van der Waals surface area contributed by atoms with Crippen LogP contribution in [-0.4, -0.2) is 64.1 Å². The Morgan fingerprint density at radius 3 is 2.71 bits per heavy atom. The van der Waals surface area contributed by atoms with Gasteiger partial charge in [0, 0.05) is 13.3 Å². The Kier molecular flexibility index (Phi) is 9.04. The van der Waals surface area contributed by atoms with Gasteiger partial charge < -0.3 is 31.9 Å². The van der Waals surface area contributed by atoms with Crippen molar-refractivity contribution in [1.82, 2.24) is 9.55 Å². The van der Waals surface area contributed by atoms with Gasteiger partial charge in [-0.15, -0.1) is 0 Å². The lowest BCUT2D eigenvalue weighted by Gasteiger charge is -2.56. The van der Waals surface area contributed by atoms with Crippen LogP contribution in [0.25, 0.3) is 0 Å². The maximum Gasteiger partial charge on any atom is 0.351 e. The zero-order valence-electron chi connectivity index (χ0n) is 23.2. The van der Waals surface area contributed by atoms with Gasteiger partial charge in [-0.1, -0.05) is 55.8 Å². The average molecular weight is 605 g/mol. The molecule has 11 nitrogen and oxygen atoms in total. The van der Waals surface area contributed by atoms with E-state index in [1.54, 1.807) is 30.3 Å². The molecule has 4 aliphatic rings. The maximum atomic E-state index is 12.8. The van der Waals surface area contributed by atoms with Crippen LogP contribution in [0.15, 0.2) is 64.0 Å². The Bertz CT molecular complexity index is 1350. The molecular formula is C28H35N3O8PS-. The van der Waals surface area contributed by atoms with Crippen LogP contribution in [-0.2, 0) is 30.8 Å². The lowest BCUT2D eigenvalue weighted by Crippen LogP contribution is -2.48. The summed E-state index contributed by atoms with van der Waals surface area (Å²) in [6, 6.07) is 9.81. The van der Waals surface area contributed by atoms with Crippen molar-refractivity contribution in [1.29, 1.82) is 0 Å². The number of aliphatic hydroxyl groups excluding tert-OH is 1. The number of rotatable bonds is 11. The molecule has 13 heteroatoms. The van der Waals surface area contributed by atoms with Crippen LogP contribution >= 0.6 is 7.15 Å². The number of fused-ring (bicyclic) bond motifs is 1. The molecule has 1 unspecified atom stereocenters. The lowest BCUT2D eigenvalue weighted by molar-refractivity contribution is -0.212. The largest absolute Gasteiger partial charge is 0.858 e. The van der Waals surface area contributed by atoms with Crippen molar-refractivity contribution in [3.05, 3.63) is 70.3 Å². The SMILES string of the molecule is CO[C@@H]1[C@H](O)[C@@H](CO[P+](O)([S-])OCCC2=CC[C@H]3C[C@@H]2C3(C)C)O[C@H]1n1ccc(N=C([O-])c2ccccc2)nc1=O. The highest BCUT2D eigenvalue weighted by atomic mass is 32.7. The van der Waals surface area contributed by atoms with Crippen LogP contribution < -0.4 is 10.8 Å². The van der Waals surface area contributed by atoms with Crippen molar-refractivity contribution in [3.63, 3.8) is 0 Å². The van der Waals surface area contributed by atoms with E-state index in [0.29, 0.717) is 23.3 Å². The zero-order valence-corrected chi connectivity index (χ0v) is 24.9. The van der Waals surface area contributed by atoms with Crippen LogP contribution in [0.2, 0.25) is 0 Å². The van der Waals surface area contributed by atoms with E-state index in [9.17, 15) is 19.9 Å². The Morgan fingerprint density at radius 1 is 1.29 bits per heavy atom. The van der Waals surface area contributed by atoms with Gasteiger partial charge in [0.05, 0.1) is 6.61 Å². The third-order valence-electron chi connectivity index (χ3n) is 8.54. The number of benzene rings is 1.